The average Bonchev–Trinajstić information content (AvgIpc) is 2.76. The number of benzene rings is 1. The molecule has 33 heavy (non-hydrogen) atoms. The number of aliphatic imine (C=N–C) groups is 1. The summed E-state index contributed by atoms with van der Waals surface area (Å²) in [5.74, 6) is 0.856. The van der Waals surface area contributed by atoms with Crippen molar-refractivity contribution in [3.63, 3.8) is 0 Å². The second-order valence-corrected chi connectivity index (χ2v) is 6.68. The molecule has 0 aliphatic heterocycles. The van der Waals surface area contributed by atoms with Crippen LogP contribution in [0.3, 0.4) is 0 Å². The van der Waals surface area contributed by atoms with Gasteiger partial charge in [-0.2, -0.15) is 13.2 Å². The summed E-state index contributed by atoms with van der Waals surface area (Å²) in [6.07, 6.45) is 6.25. The van der Waals surface area contributed by atoms with Gasteiger partial charge in [-0.3, -0.25) is 14.4 Å². The lowest BCUT2D eigenvalue weighted by Gasteiger charge is -2.12. The summed E-state index contributed by atoms with van der Waals surface area (Å²) >= 11 is 0. The number of nitrogens with zero attached hydrogens (tertiary/aromatic N) is 3. The maximum absolute atomic E-state index is 12.7. The van der Waals surface area contributed by atoms with Crippen LogP contribution in [0.1, 0.15) is 18.1 Å². The molecule has 10 heteroatoms. The summed E-state index contributed by atoms with van der Waals surface area (Å²) in [5, 5.41) is 9.31. The standard InChI is InChI=1S/C23H24F3N5O2/c1-4-6-17(11-12-27)33-18-8-5-7-16(13-18)9-10-20(28-2)19-14-29-22(31(3)21(19)32)30-15-23(24,25)26/h4-14,27H,15H2,1-3H3,(H,29,30)/b6-4+,10-9-,17-11+,27-12?,28-20+. The molecule has 0 atom stereocenters. The maximum atomic E-state index is 12.7. The van der Waals surface area contributed by atoms with E-state index in [9.17, 15) is 18.0 Å². The van der Waals surface area contributed by atoms with Crippen molar-refractivity contribution >= 4 is 24.0 Å². The van der Waals surface area contributed by atoms with E-state index in [1.165, 1.54) is 26.4 Å². The first-order chi connectivity index (χ1) is 15.7. The molecule has 2 aromatic rings. The third-order valence-electron chi connectivity index (χ3n) is 4.24. The van der Waals surface area contributed by atoms with Gasteiger partial charge in [-0.1, -0.05) is 24.3 Å². The summed E-state index contributed by atoms with van der Waals surface area (Å²) in [5.41, 5.74) is 0.682. The Morgan fingerprint density at radius 2 is 2.09 bits per heavy atom. The van der Waals surface area contributed by atoms with Crippen molar-refractivity contribution in [1.29, 1.82) is 5.41 Å². The molecule has 0 amide bonds. The lowest BCUT2D eigenvalue weighted by Crippen LogP contribution is -2.30. The van der Waals surface area contributed by atoms with Crippen molar-refractivity contribution in [2.24, 2.45) is 12.0 Å². The molecule has 2 rings (SSSR count). The van der Waals surface area contributed by atoms with Crippen LogP contribution in [0.2, 0.25) is 0 Å². The van der Waals surface area contributed by atoms with Crippen molar-refractivity contribution < 1.29 is 17.9 Å². The van der Waals surface area contributed by atoms with E-state index in [0.29, 0.717) is 17.2 Å². The second-order valence-electron chi connectivity index (χ2n) is 6.68. The topological polar surface area (TPSA) is 92.4 Å². The van der Waals surface area contributed by atoms with Crippen LogP contribution in [0, 0.1) is 5.41 Å². The highest BCUT2D eigenvalue weighted by Crippen LogP contribution is 2.18. The number of allylic oxidation sites excluding steroid dienone is 4. The van der Waals surface area contributed by atoms with E-state index < -0.39 is 18.3 Å². The molecule has 1 heterocycles. The van der Waals surface area contributed by atoms with Gasteiger partial charge in [0, 0.05) is 26.5 Å². The molecular formula is C23H24F3N5O2. The number of halogens is 3. The van der Waals surface area contributed by atoms with Crippen LogP contribution in [-0.4, -0.2) is 41.2 Å². The molecule has 0 unspecified atom stereocenters. The SMILES string of the molecule is C/C=C/C(=C\C=N)Oc1cccc(/C=C\C(=N/C)c2cnc(NCC(F)(F)F)n(C)c2=O)c1. The van der Waals surface area contributed by atoms with E-state index in [1.54, 1.807) is 42.5 Å². The fourth-order valence-corrected chi connectivity index (χ4v) is 2.71. The van der Waals surface area contributed by atoms with Gasteiger partial charge in [0.05, 0.1) is 11.3 Å². The smallest absolute Gasteiger partial charge is 0.405 e. The van der Waals surface area contributed by atoms with Crippen molar-refractivity contribution in [3.8, 4) is 5.75 Å². The lowest BCUT2D eigenvalue weighted by molar-refractivity contribution is -0.115. The highest BCUT2D eigenvalue weighted by molar-refractivity contribution is 6.10. The van der Waals surface area contributed by atoms with Gasteiger partial charge < -0.3 is 15.5 Å². The number of anilines is 1. The number of alkyl halides is 3. The van der Waals surface area contributed by atoms with Crippen molar-refractivity contribution in [2.75, 3.05) is 18.9 Å². The average molecular weight is 459 g/mol. The Bertz CT molecular complexity index is 1160. The Labute approximate surface area is 189 Å². The van der Waals surface area contributed by atoms with Crippen LogP contribution >= 0.6 is 0 Å². The number of nitrogens with one attached hydrogen (secondary N) is 2. The van der Waals surface area contributed by atoms with E-state index >= 15 is 0 Å². The van der Waals surface area contributed by atoms with Crippen molar-refractivity contribution in [3.05, 3.63) is 82.0 Å². The second kappa shape index (κ2) is 11.6. The Morgan fingerprint density at radius 1 is 1.33 bits per heavy atom. The first kappa shape index (κ1) is 25.3. The normalized spacial score (nSPS) is 13.0. The lowest BCUT2D eigenvalue weighted by atomic mass is 10.1. The van der Waals surface area contributed by atoms with Gasteiger partial charge in [-0.05, 0) is 42.8 Å². The molecule has 0 bridgehead atoms. The Morgan fingerprint density at radius 3 is 2.73 bits per heavy atom. The quantitative estimate of drug-likeness (QED) is 0.331. The zero-order valence-corrected chi connectivity index (χ0v) is 18.3. The third kappa shape index (κ3) is 7.60. The van der Waals surface area contributed by atoms with Gasteiger partial charge in [0.1, 0.15) is 18.1 Å². The predicted molar refractivity (Wildman–Crippen MR) is 124 cm³/mol. The highest BCUT2D eigenvalue weighted by Gasteiger charge is 2.27. The van der Waals surface area contributed by atoms with Crippen LogP contribution in [0.4, 0.5) is 19.1 Å². The van der Waals surface area contributed by atoms with Gasteiger partial charge in [-0.15, -0.1) is 0 Å². The minimum absolute atomic E-state index is 0.144. The first-order valence-electron chi connectivity index (χ1n) is 9.81. The summed E-state index contributed by atoms with van der Waals surface area (Å²) in [6, 6.07) is 7.15. The molecule has 0 aliphatic rings. The van der Waals surface area contributed by atoms with E-state index in [1.807, 2.05) is 13.0 Å². The summed E-state index contributed by atoms with van der Waals surface area (Å²) in [6.45, 7) is 0.536. The number of ether oxygens (including phenoxy) is 1. The molecule has 2 N–H and O–H groups in total. The molecule has 1 aromatic carbocycles. The monoisotopic (exact) mass is 459 g/mol. The molecule has 0 aliphatic carbocycles. The number of hydrogen-bond donors (Lipinski definition) is 2. The van der Waals surface area contributed by atoms with Gasteiger partial charge in [0.25, 0.3) is 5.56 Å². The van der Waals surface area contributed by atoms with Crippen molar-refractivity contribution in [1.82, 2.24) is 9.55 Å². The van der Waals surface area contributed by atoms with Crippen LogP contribution in [0.15, 0.2) is 70.3 Å². The van der Waals surface area contributed by atoms with Gasteiger partial charge in [0.15, 0.2) is 0 Å². The van der Waals surface area contributed by atoms with E-state index in [-0.39, 0.29) is 11.5 Å². The van der Waals surface area contributed by atoms with E-state index in [0.717, 1.165) is 16.3 Å². The van der Waals surface area contributed by atoms with Gasteiger partial charge in [0.2, 0.25) is 5.95 Å². The molecule has 7 nitrogen and oxygen atoms in total. The Balaban J connectivity index is 2.26. The van der Waals surface area contributed by atoms with Crippen LogP contribution < -0.4 is 15.6 Å². The minimum atomic E-state index is -4.43. The summed E-state index contributed by atoms with van der Waals surface area (Å²) in [4.78, 5) is 20.7. The molecule has 174 valence electrons. The highest BCUT2D eigenvalue weighted by atomic mass is 19.4. The fraction of sp³-hybridized carbons (Fsp3) is 0.217. The Kier molecular flexibility index (Phi) is 8.90. The molecule has 0 spiro atoms. The minimum Gasteiger partial charge on any atom is -0.457 e. The Hall–Kier alpha value is -3.95. The molecule has 0 saturated heterocycles. The zero-order chi connectivity index (χ0) is 24.4. The van der Waals surface area contributed by atoms with Gasteiger partial charge in [-0.25, -0.2) is 4.98 Å². The van der Waals surface area contributed by atoms with Crippen molar-refractivity contribution in [2.45, 2.75) is 13.1 Å². The molecule has 1 aromatic heterocycles. The molecule has 0 saturated carbocycles. The third-order valence-corrected chi connectivity index (χ3v) is 4.24. The predicted octanol–water partition coefficient (Wildman–Crippen LogP) is 4.38. The number of aromatic nitrogens is 2. The molecular weight excluding hydrogens is 435 g/mol. The number of rotatable bonds is 9. The van der Waals surface area contributed by atoms with Gasteiger partial charge >= 0.3 is 6.18 Å². The zero-order valence-electron chi connectivity index (χ0n) is 18.3. The summed E-state index contributed by atoms with van der Waals surface area (Å²) < 4.78 is 44.1. The summed E-state index contributed by atoms with van der Waals surface area (Å²) in [7, 11) is 2.83. The van der Waals surface area contributed by atoms with Crippen LogP contribution in [-0.2, 0) is 7.05 Å². The van der Waals surface area contributed by atoms with Crippen LogP contribution in [0.25, 0.3) is 6.08 Å². The molecule has 0 fully saturated rings. The largest absolute Gasteiger partial charge is 0.457 e. The maximum Gasteiger partial charge on any atom is 0.405 e. The van der Waals surface area contributed by atoms with E-state index in [4.69, 9.17) is 10.1 Å². The fourth-order valence-electron chi connectivity index (χ4n) is 2.71. The van der Waals surface area contributed by atoms with E-state index in [2.05, 4.69) is 15.3 Å². The first-order valence-corrected chi connectivity index (χ1v) is 9.81. The molecule has 0 radical (unpaired) electrons. The van der Waals surface area contributed by atoms with Crippen LogP contribution in [0.5, 0.6) is 5.75 Å². The number of hydrogen-bond acceptors (Lipinski definition) is 6.